The Kier molecular flexibility index (Phi) is 6.04. The van der Waals surface area contributed by atoms with E-state index < -0.39 is 12.1 Å². The largest absolute Gasteiger partial charge is 0.479 e. The van der Waals surface area contributed by atoms with Gasteiger partial charge in [-0.3, -0.25) is 0 Å². The molecule has 2 amide bonds. The van der Waals surface area contributed by atoms with Gasteiger partial charge in [-0.1, -0.05) is 6.92 Å². The van der Waals surface area contributed by atoms with Crippen LogP contribution in [-0.4, -0.2) is 54.6 Å². The van der Waals surface area contributed by atoms with E-state index in [1.807, 2.05) is 0 Å². The van der Waals surface area contributed by atoms with Gasteiger partial charge in [-0.05, 0) is 18.3 Å². The van der Waals surface area contributed by atoms with Crippen molar-refractivity contribution in [3.05, 3.63) is 0 Å². The summed E-state index contributed by atoms with van der Waals surface area (Å²) in [5.41, 5.74) is 0.0518. The molecule has 1 aliphatic rings. The number of aliphatic carboxylic acids is 1. The Morgan fingerprint density at radius 3 is 2.53 bits per heavy atom. The van der Waals surface area contributed by atoms with Gasteiger partial charge in [0, 0.05) is 32.7 Å². The highest BCUT2D eigenvalue weighted by Crippen LogP contribution is 2.28. The van der Waals surface area contributed by atoms with Crippen molar-refractivity contribution >= 4 is 12.0 Å². The van der Waals surface area contributed by atoms with Crippen molar-refractivity contribution in [2.45, 2.75) is 32.3 Å². The number of hydrogen-bond donors (Lipinski definition) is 4. The zero-order chi connectivity index (χ0) is 14.3. The second-order valence-corrected chi connectivity index (χ2v) is 5.18. The van der Waals surface area contributed by atoms with Crippen LogP contribution in [0.3, 0.4) is 0 Å². The minimum Gasteiger partial charge on any atom is -0.479 e. The summed E-state index contributed by atoms with van der Waals surface area (Å²) in [4.78, 5) is 21.9. The van der Waals surface area contributed by atoms with Crippen LogP contribution in [0.25, 0.3) is 0 Å². The monoisotopic (exact) mass is 274 g/mol. The van der Waals surface area contributed by atoms with Crippen LogP contribution < -0.4 is 10.6 Å². The van der Waals surface area contributed by atoms with Crippen molar-refractivity contribution in [1.82, 2.24) is 10.6 Å². The summed E-state index contributed by atoms with van der Waals surface area (Å²) < 4.78 is 5.27. The van der Waals surface area contributed by atoms with E-state index in [1.165, 1.54) is 0 Å². The fourth-order valence-electron chi connectivity index (χ4n) is 1.84. The fourth-order valence-corrected chi connectivity index (χ4v) is 1.84. The Hall–Kier alpha value is -1.34. The van der Waals surface area contributed by atoms with Crippen molar-refractivity contribution in [1.29, 1.82) is 0 Å². The van der Waals surface area contributed by atoms with Crippen LogP contribution in [0, 0.1) is 5.41 Å². The molecule has 0 bridgehead atoms. The molecule has 0 radical (unpaired) electrons. The van der Waals surface area contributed by atoms with Crippen LogP contribution in [0.5, 0.6) is 0 Å². The molecule has 1 atom stereocenters. The van der Waals surface area contributed by atoms with E-state index in [2.05, 4.69) is 17.6 Å². The lowest BCUT2D eigenvalue weighted by molar-refractivity contribution is -0.146. The SMILES string of the molecule is CC1(CNC(=O)NCCC(O)C(=O)O)CCOCC1. The summed E-state index contributed by atoms with van der Waals surface area (Å²) in [6, 6.07) is -0.342. The lowest BCUT2D eigenvalue weighted by Crippen LogP contribution is -2.44. The van der Waals surface area contributed by atoms with Crippen molar-refractivity contribution in [2.75, 3.05) is 26.3 Å². The average molecular weight is 274 g/mol. The molecule has 0 aromatic heterocycles. The fraction of sp³-hybridized carbons (Fsp3) is 0.833. The maximum atomic E-state index is 11.5. The van der Waals surface area contributed by atoms with Crippen molar-refractivity contribution in [3.8, 4) is 0 Å². The first-order valence-corrected chi connectivity index (χ1v) is 6.43. The van der Waals surface area contributed by atoms with E-state index in [-0.39, 0.29) is 24.4 Å². The Bertz CT molecular complexity index is 315. The first-order chi connectivity index (χ1) is 8.93. The molecule has 7 heteroatoms. The number of nitrogens with one attached hydrogen (secondary N) is 2. The molecule has 0 aromatic rings. The highest BCUT2D eigenvalue weighted by Gasteiger charge is 2.27. The van der Waals surface area contributed by atoms with Gasteiger partial charge in [0.2, 0.25) is 0 Å². The molecule has 4 N–H and O–H groups in total. The normalized spacial score (nSPS) is 19.5. The highest BCUT2D eigenvalue weighted by molar-refractivity contribution is 5.74. The van der Waals surface area contributed by atoms with Gasteiger partial charge in [0.25, 0.3) is 0 Å². The molecular formula is C12H22N2O5. The molecule has 1 aliphatic heterocycles. The number of hydrogen-bond acceptors (Lipinski definition) is 4. The highest BCUT2D eigenvalue weighted by atomic mass is 16.5. The number of aliphatic hydroxyl groups excluding tert-OH is 1. The average Bonchev–Trinajstić information content (AvgIpc) is 2.37. The van der Waals surface area contributed by atoms with Crippen LogP contribution in [0.15, 0.2) is 0 Å². The van der Waals surface area contributed by atoms with Crippen LogP contribution in [0.1, 0.15) is 26.2 Å². The molecule has 0 aromatic carbocycles. The molecule has 0 aliphatic carbocycles. The number of carboxylic acid groups (broad SMARTS) is 1. The quantitative estimate of drug-likeness (QED) is 0.542. The van der Waals surface area contributed by atoms with E-state index in [0.717, 1.165) is 12.8 Å². The predicted molar refractivity (Wildman–Crippen MR) is 67.8 cm³/mol. The third-order valence-electron chi connectivity index (χ3n) is 3.36. The number of ether oxygens (including phenoxy) is 1. The number of carboxylic acids is 1. The summed E-state index contributed by atoms with van der Waals surface area (Å²) in [6.45, 7) is 4.21. The number of carbonyl (C=O) groups excluding carboxylic acids is 1. The summed E-state index contributed by atoms with van der Waals surface area (Å²) in [7, 11) is 0. The maximum absolute atomic E-state index is 11.5. The van der Waals surface area contributed by atoms with Gasteiger partial charge in [0.05, 0.1) is 0 Å². The summed E-state index contributed by atoms with van der Waals surface area (Å²) in [5.74, 6) is -1.28. The molecule has 0 spiro atoms. The van der Waals surface area contributed by atoms with Crippen LogP contribution in [0.2, 0.25) is 0 Å². The Morgan fingerprint density at radius 2 is 1.95 bits per heavy atom. The lowest BCUT2D eigenvalue weighted by Gasteiger charge is -2.33. The first kappa shape index (κ1) is 15.7. The maximum Gasteiger partial charge on any atom is 0.332 e. The standard InChI is InChI=1S/C12H22N2O5/c1-12(3-6-19-7-4-12)8-14-11(18)13-5-2-9(15)10(16)17/h9,15H,2-8H2,1H3,(H,16,17)(H2,13,14,18). The molecule has 1 saturated heterocycles. The van der Waals surface area contributed by atoms with Gasteiger partial charge < -0.3 is 25.6 Å². The smallest absolute Gasteiger partial charge is 0.332 e. The first-order valence-electron chi connectivity index (χ1n) is 6.43. The minimum atomic E-state index is -1.44. The van der Waals surface area contributed by atoms with Crippen LogP contribution >= 0.6 is 0 Å². The lowest BCUT2D eigenvalue weighted by atomic mass is 9.82. The van der Waals surface area contributed by atoms with Crippen LogP contribution in [-0.2, 0) is 9.53 Å². The molecule has 0 saturated carbocycles. The number of rotatable bonds is 6. The molecule has 1 fully saturated rings. The number of urea groups is 1. The third kappa shape index (κ3) is 5.89. The van der Waals surface area contributed by atoms with E-state index in [9.17, 15) is 9.59 Å². The third-order valence-corrected chi connectivity index (χ3v) is 3.36. The van der Waals surface area contributed by atoms with Crippen molar-refractivity contribution < 1.29 is 24.5 Å². The van der Waals surface area contributed by atoms with Gasteiger partial charge >= 0.3 is 12.0 Å². The van der Waals surface area contributed by atoms with E-state index in [0.29, 0.717) is 19.8 Å². The zero-order valence-corrected chi connectivity index (χ0v) is 11.1. The molecule has 1 heterocycles. The number of amides is 2. The van der Waals surface area contributed by atoms with E-state index in [4.69, 9.17) is 14.9 Å². The van der Waals surface area contributed by atoms with Gasteiger partial charge in [-0.15, -0.1) is 0 Å². The topological polar surface area (TPSA) is 108 Å². The second-order valence-electron chi connectivity index (χ2n) is 5.18. The van der Waals surface area contributed by atoms with E-state index in [1.54, 1.807) is 0 Å². The van der Waals surface area contributed by atoms with Crippen molar-refractivity contribution in [3.63, 3.8) is 0 Å². The second kappa shape index (κ2) is 7.30. The van der Waals surface area contributed by atoms with Crippen molar-refractivity contribution in [2.24, 2.45) is 5.41 Å². The van der Waals surface area contributed by atoms with Crippen LogP contribution in [0.4, 0.5) is 4.79 Å². The minimum absolute atomic E-state index is 0.00609. The molecule has 1 unspecified atom stereocenters. The zero-order valence-electron chi connectivity index (χ0n) is 11.1. The number of aliphatic hydroxyl groups is 1. The molecule has 110 valence electrons. The molecule has 7 nitrogen and oxygen atoms in total. The van der Waals surface area contributed by atoms with Gasteiger partial charge in [0.1, 0.15) is 0 Å². The Labute approximate surface area is 112 Å². The molecule has 19 heavy (non-hydrogen) atoms. The number of carbonyl (C=O) groups is 2. The Balaban J connectivity index is 2.15. The summed E-state index contributed by atoms with van der Waals surface area (Å²) >= 11 is 0. The van der Waals surface area contributed by atoms with Gasteiger partial charge in [0.15, 0.2) is 6.10 Å². The molecule has 1 rings (SSSR count). The Morgan fingerprint density at radius 1 is 1.32 bits per heavy atom. The van der Waals surface area contributed by atoms with E-state index >= 15 is 0 Å². The summed E-state index contributed by atoms with van der Waals surface area (Å²) in [5, 5.41) is 22.8. The molecular weight excluding hydrogens is 252 g/mol. The predicted octanol–water partition coefficient (Wildman–Crippen LogP) is -0.0621. The van der Waals surface area contributed by atoms with Gasteiger partial charge in [-0.2, -0.15) is 0 Å². The summed E-state index contributed by atoms with van der Waals surface area (Å²) in [6.07, 6.45) is 0.373. The van der Waals surface area contributed by atoms with Gasteiger partial charge in [-0.25, -0.2) is 9.59 Å².